The first-order valence-electron chi connectivity index (χ1n) is 42.7. The third-order valence-electron chi connectivity index (χ3n) is 23.9. The molecule has 0 aromatic rings. The van der Waals surface area contributed by atoms with Crippen LogP contribution in [-0.2, 0) is 119 Å². The van der Waals surface area contributed by atoms with Gasteiger partial charge >= 0.3 is 5.97 Å². The number of amides is 6. The van der Waals surface area contributed by atoms with Crippen LogP contribution in [0.1, 0.15) is 48.0 Å². The van der Waals surface area contributed by atoms with E-state index in [2.05, 4.69) is 31.9 Å². The van der Waals surface area contributed by atoms with Gasteiger partial charge in [-0.1, -0.05) is 0 Å². The third kappa shape index (κ3) is 26.3. The van der Waals surface area contributed by atoms with Gasteiger partial charge in [-0.05, 0) is 0 Å². The van der Waals surface area contributed by atoms with Crippen LogP contribution in [0.4, 0.5) is 0 Å². The molecule has 60 heteroatoms. The molecule has 9 fully saturated rings. The second-order valence-electron chi connectivity index (χ2n) is 33.7. The van der Waals surface area contributed by atoms with Gasteiger partial charge in [0.25, 0.3) is 5.79 Å². The predicted molar refractivity (Wildman–Crippen MR) is 419 cm³/mol. The van der Waals surface area contributed by atoms with E-state index in [-0.39, 0.29) is 0 Å². The molecule has 9 saturated heterocycles. The molecule has 0 radical (unpaired) electrons. The molecule has 6 amide bonds. The van der Waals surface area contributed by atoms with Gasteiger partial charge in [-0.3, -0.25) is 28.8 Å². The molecule has 780 valence electrons. The van der Waals surface area contributed by atoms with Crippen molar-refractivity contribution < 1.29 is 267 Å². The Hall–Kier alpha value is -5.55. The largest absolute Gasteiger partial charge is 0.477 e. The van der Waals surface area contributed by atoms with Crippen molar-refractivity contribution in [2.24, 2.45) is 0 Å². The van der Waals surface area contributed by atoms with Crippen LogP contribution in [0.25, 0.3) is 0 Å². The molecule has 9 aliphatic heterocycles. The number of hydrogen-bond donors (Lipinski definition) is 35. The standard InChI is InChI=1S/C75H126N6O54/c1-19(91)76-25(8-82)42(100)58(28(99)10-84)128-68-40(80-23(5)95)51(109)60(34(16-90)124-68)130-71-57(115)63(61(131-66-38(78-21(3)93)49(107)44(102)29(11-85)120-66)36(127-71)17-118-72-64(54(112)46(104)31(13-87)122-72)133-67-39(79-22(4)94)50(108)45(103)30(12-86)121-67)132-73-65(55(113)47(105)32(14-88)123-73)134-69-41(81-24(6)96)52(110)59(33(15-89)125-69)129-70-56(114)53(111)48(106)35(126-70)18-119-75(74(116)117)7-26(97)37(77-20(2)92)62(135-75)43(101)27(98)9-83/h25-73,82-90,97-115H,7-18H2,1-6H3,(H,76,91)(H,77,92)(H,78,93)(H,79,94)(H,80,95)(H,81,96)(H,116,117)/t25-,26-,27+,28+,29+,30+,31+,32+,33+,34+,35+,36+,37+,38+,39+,40+,41+,42+,43+,44+,45+,46+,47+,48-,49+,50+,51+,52+,53-,54-,55-,56+,57-,58+,59+,60+,61+,62+,63+,64-,65-,66-,67-,68-,69-,70-,71-,72-,73+,75+/m0/s1. The van der Waals surface area contributed by atoms with E-state index in [1.807, 2.05) is 0 Å². The number of nitrogens with one attached hydrogen (secondary N) is 6. The minimum absolute atomic E-state index is 0.832. The molecule has 50 atom stereocenters. The summed E-state index contributed by atoms with van der Waals surface area (Å²) in [4.78, 5) is 90.0. The lowest BCUT2D eigenvalue weighted by Gasteiger charge is -2.52. The van der Waals surface area contributed by atoms with Crippen LogP contribution in [0.5, 0.6) is 0 Å². The first kappa shape index (κ1) is 113. The Bertz CT molecular complexity index is 3760. The number of aliphatic hydroxyl groups excluding tert-OH is 28. The van der Waals surface area contributed by atoms with E-state index in [4.69, 9.17) is 85.3 Å². The first-order chi connectivity index (χ1) is 63.6. The summed E-state index contributed by atoms with van der Waals surface area (Å²) in [5.41, 5.74) is 0. The maximum absolute atomic E-state index is 13.4. The van der Waals surface area contributed by atoms with Crippen molar-refractivity contribution in [2.45, 2.75) is 354 Å². The number of aliphatic hydroxyl groups is 28. The fraction of sp³-hybridized carbons (Fsp3) is 0.907. The number of carbonyl (C=O) groups excluding carboxylic acids is 6. The van der Waals surface area contributed by atoms with Gasteiger partial charge in [0, 0.05) is 48.0 Å². The molecule has 135 heavy (non-hydrogen) atoms. The Morgan fingerprint density at radius 1 is 0.333 bits per heavy atom. The Labute approximate surface area is 764 Å². The molecule has 9 aliphatic rings. The summed E-state index contributed by atoms with van der Waals surface area (Å²) in [5, 5.41) is 340. The van der Waals surface area contributed by atoms with Crippen molar-refractivity contribution >= 4 is 41.4 Å². The van der Waals surface area contributed by atoms with E-state index in [1.54, 1.807) is 0 Å². The maximum atomic E-state index is 13.4. The second kappa shape index (κ2) is 49.9. The molecule has 0 aromatic heterocycles. The SMILES string of the molecule is CC(=O)N[C@H]1[C@H](O[C@@H]([C@H](O)[C@H](CO)NC(C)=O)[C@H](O)CO)O[C@H](CO)[C@@H](O[C@@H]2O[C@H](CO[C@H]3O[C@H](CO)[C@@H](O)[C@H](O)[C@@H]3O[C@@H]3O[C@H](CO)[C@@H](O)[C@H](O)[C@H]3NC(C)=O)[C@@H](O[C@@H]3O[C@H](CO)[C@@H](O)[C@H](O)[C@H]3NC(C)=O)[C@H](O[C@H]3O[C@H](CO)[C@@H](O)[C@H](O)[C@@H]3O[C@@H]3O[C@H](CO)[C@@H](O[C@@H]4O[C@H](CO[C@]5(C(=O)O)C[C@H](O)[C@@H](NC(C)=O)[C@H]([C@H](O)[C@H](O)CO)O5)[C@H](O)[C@H](O)[C@H]4O)[C@H](O)[C@H]3NC(C)=O)[C@@H]2O)[C@@H]1O. The highest BCUT2D eigenvalue weighted by atomic mass is 16.8. The van der Waals surface area contributed by atoms with Crippen LogP contribution in [0.3, 0.4) is 0 Å². The smallest absolute Gasteiger partial charge is 0.364 e. The number of aliphatic carboxylic acids is 1. The Morgan fingerprint density at radius 2 is 0.689 bits per heavy atom. The van der Waals surface area contributed by atoms with Gasteiger partial charge in [-0.25, -0.2) is 4.79 Å². The van der Waals surface area contributed by atoms with E-state index < -0.39 is 427 Å². The molecular weight excluding hydrogens is 1850 g/mol. The molecular formula is C75H126N6O54. The molecule has 0 spiro atoms. The fourth-order valence-electron chi connectivity index (χ4n) is 16.9. The summed E-state index contributed by atoms with van der Waals surface area (Å²) in [5.74, 6) is -11.1. The summed E-state index contributed by atoms with van der Waals surface area (Å²) in [7, 11) is 0. The summed E-state index contributed by atoms with van der Waals surface area (Å²) in [6.07, 6.45) is -99.7. The van der Waals surface area contributed by atoms with Crippen molar-refractivity contribution in [1.82, 2.24) is 31.9 Å². The van der Waals surface area contributed by atoms with Crippen LogP contribution < -0.4 is 31.9 Å². The van der Waals surface area contributed by atoms with E-state index >= 15 is 0 Å². The van der Waals surface area contributed by atoms with E-state index in [9.17, 15) is 182 Å². The highest BCUT2D eigenvalue weighted by molar-refractivity contribution is 5.77. The van der Waals surface area contributed by atoms with Crippen molar-refractivity contribution in [3.05, 3.63) is 0 Å². The van der Waals surface area contributed by atoms with Crippen LogP contribution in [-0.4, -0.2) is 568 Å². The lowest BCUT2D eigenvalue weighted by Crippen LogP contribution is -2.71. The van der Waals surface area contributed by atoms with Gasteiger partial charge in [0.2, 0.25) is 35.4 Å². The van der Waals surface area contributed by atoms with Gasteiger partial charge in [-0.2, -0.15) is 0 Å². The Balaban J connectivity index is 1.14. The number of carboxylic acids is 1. The molecule has 60 nitrogen and oxygen atoms in total. The average Bonchev–Trinajstić information content (AvgIpc) is 0.756. The van der Waals surface area contributed by atoms with Gasteiger partial charge in [0.05, 0.1) is 90.9 Å². The Kier molecular flexibility index (Phi) is 41.8. The minimum atomic E-state index is -3.14. The van der Waals surface area contributed by atoms with Gasteiger partial charge in [0.1, 0.15) is 232 Å². The zero-order valence-electron chi connectivity index (χ0n) is 73.0. The zero-order chi connectivity index (χ0) is 100. The lowest BCUT2D eigenvalue weighted by molar-refractivity contribution is -0.408. The van der Waals surface area contributed by atoms with E-state index in [0.29, 0.717) is 0 Å². The molecule has 0 aromatic carbocycles. The molecule has 35 N–H and O–H groups in total. The zero-order valence-corrected chi connectivity index (χ0v) is 73.0. The van der Waals surface area contributed by atoms with Crippen LogP contribution in [0.15, 0.2) is 0 Å². The lowest BCUT2D eigenvalue weighted by atomic mass is 9.88. The van der Waals surface area contributed by atoms with Crippen molar-refractivity contribution in [1.29, 1.82) is 0 Å². The molecule has 0 unspecified atom stereocenters. The number of carboxylic acid groups (broad SMARTS) is 1. The van der Waals surface area contributed by atoms with Crippen LogP contribution in [0.2, 0.25) is 0 Å². The van der Waals surface area contributed by atoms with Crippen LogP contribution >= 0.6 is 0 Å². The molecule has 0 saturated carbocycles. The summed E-state index contributed by atoms with van der Waals surface area (Å²) in [6, 6.07) is -11.7. The highest BCUT2D eigenvalue weighted by Crippen LogP contribution is 2.42. The summed E-state index contributed by atoms with van der Waals surface area (Å²) in [6.45, 7) is -8.22. The highest BCUT2D eigenvalue weighted by Gasteiger charge is 2.63. The average molecular weight is 1980 g/mol. The topological polar surface area (TPSA) is 944 Å². The molecule has 0 bridgehead atoms. The second-order valence-corrected chi connectivity index (χ2v) is 33.7. The number of ether oxygens (including phenoxy) is 18. The maximum Gasteiger partial charge on any atom is 0.364 e. The number of hydrogen-bond acceptors (Lipinski definition) is 53. The van der Waals surface area contributed by atoms with E-state index in [1.165, 1.54) is 0 Å². The monoisotopic (exact) mass is 1970 g/mol. The first-order valence-corrected chi connectivity index (χ1v) is 42.7. The Morgan fingerprint density at radius 3 is 1.12 bits per heavy atom. The fourth-order valence-corrected chi connectivity index (χ4v) is 16.9. The van der Waals surface area contributed by atoms with Crippen molar-refractivity contribution in [3.8, 4) is 0 Å². The van der Waals surface area contributed by atoms with Gasteiger partial charge < -0.3 is 265 Å². The van der Waals surface area contributed by atoms with E-state index in [0.717, 1.165) is 41.5 Å². The predicted octanol–water partition coefficient (Wildman–Crippen LogP) is -23.1. The summed E-state index contributed by atoms with van der Waals surface area (Å²) < 4.78 is 110. The third-order valence-corrected chi connectivity index (χ3v) is 23.9. The molecule has 9 rings (SSSR count). The molecule has 9 heterocycles. The normalized spacial score (nSPS) is 43.9. The summed E-state index contributed by atoms with van der Waals surface area (Å²) >= 11 is 0. The minimum Gasteiger partial charge on any atom is -0.477 e. The quantitative estimate of drug-likeness (QED) is 0.0270. The van der Waals surface area contributed by atoms with Crippen molar-refractivity contribution in [2.75, 3.05) is 72.7 Å². The molecule has 0 aliphatic carbocycles. The number of rotatable bonds is 41. The number of carbonyl (C=O) groups is 7. The van der Waals surface area contributed by atoms with Gasteiger partial charge in [0.15, 0.2) is 50.3 Å². The van der Waals surface area contributed by atoms with Crippen LogP contribution in [0, 0.1) is 0 Å². The van der Waals surface area contributed by atoms with Crippen molar-refractivity contribution in [3.63, 3.8) is 0 Å². The van der Waals surface area contributed by atoms with Gasteiger partial charge in [-0.15, -0.1) is 0 Å².